The molecule has 1 heterocycles. The van der Waals surface area contributed by atoms with Gasteiger partial charge in [0.15, 0.2) is 0 Å². The minimum Gasteiger partial charge on any atom is -0.258 e. The van der Waals surface area contributed by atoms with Crippen LogP contribution in [0.15, 0.2) is 12.3 Å². The lowest BCUT2D eigenvalue weighted by atomic mass is 10.3. The maximum atomic E-state index is 8.42. The topological polar surface area (TPSA) is 36.7 Å². The van der Waals surface area contributed by atoms with E-state index in [1.807, 2.05) is 6.07 Å². The number of nitriles is 1. The van der Waals surface area contributed by atoms with Crippen LogP contribution in [-0.2, 0) is 6.42 Å². The van der Waals surface area contributed by atoms with Crippen molar-refractivity contribution in [3.8, 4) is 6.07 Å². The molecule has 1 rings (SSSR count). The fraction of sp³-hybridized carbons (Fsp3) is 0.143. The number of rotatable bonds is 1. The third-order valence-electron chi connectivity index (χ3n) is 1.13. The summed E-state index contributed by atoms with van der Waals surface area (Å²) in [5.74, 6) is 0. The van der Waals surface area contributed by atoms with Gasteiger partial charge in [0.25, 0.3) is 0 Å². The van der Waals surface area contributed by atoms with Crippen molar-refractivity contribution < 1.29 is 0 Å². The van der Waals surface area contributed by atoms with E-state index >= 15 is 0 Å². The lowest BCUT2D eigenvalue weighted by Gasteiger charge is -1.97. The van der Waals surface area contributed by atoms with Crippen molar-refractivity contribution in [1.82, 2.24) is 4.98 Å². The molecule has 0 aliphatic carbocycles. The first-order chi connectivity index (χ1) is 5.24. The van der Waals surface area contributed by atoms with Gasteiger partial charge in [0.2, 0.25) is 0 Å². The SMILES string of the molecule is N#CCc1ncc(I)cc1I. The molecule has 0 aromatic carbocycles. The van der Waals surface area contributed by atoms with Crippen molar-refractivity contribution in [2.75, 3.05) is 0 Å². The minimum atomic E-state index is 0.398. The molecule has 1 aromatic heterocycles. The Morgan fingerprint density at radius 1 is 1.55 bits per heavy atom. The highest BCUT2D eigenvalue weighted by atomic mass is 127. The molecular formula is C7H4I2N2. The van der Waals surface area contributed by atoms with Gasteiger partial charge < -0.3 is 0 Å². The van der Waals surface area contributed by atoms with Gasteiger partial charge in [-0.2, -0.15) is 5.26 Å². The number of halogens is 2. The lowest BCUT2D eigenvalue weighted by Crippen LogP contribution is -1.92. The summed E-state index contributed by atoms with van der Waals surface area (Å²) in [6, 6.07) is 4.09. The zero-order valence-electron chi connectivity index (χ0n) is 5.51. The molecule has 0 saturated carbocycles. The Morgan fingerprint density at radius 2 is 2.27 bits per heavy atom. The Balaban J connectivity index is 3.01. The van der Waals surface area contributed by atoms with Gasteiger partial charge in [0, 0.05) is 13.3 Å². The standard InChI is InChI=1S/C7H4I2N2/c8-5-3-6(9)7(1-2-10)11-4-5/h3-4H,1H2. The summed E-state index contributed by atoms with van der Waals surface area (Å²) < 4.78 is 2.17. The molecule has 0 aliphatic heterocycles. The van der Waals surface area contributed by atoms with Gasteiger partial charge >= 0.3 is 0 Å². The van der Waals surface area contributed by atoms with Crippen LogP contribution in [0.1, 0.15) is 5.69 Å². The molecular weight excluding hydrogens is 366 g/mol. The van der Waals surface area contributed by atoms with Crippen LogP contribution in [0.4, 0.5) is 0 Å². The van der Waals surface area contributed by atoms with Crippen LogP contribution in [0.2, 0.25) is 0 Å². The molecule has 11 heavy (non-hydrogen) atoms. The largest absolute Gasteiger partial charge is 0.258 e. The third-order valence-corrected chi connectivity index (χ3v) is 2.65. The number of nitrogens with zero attached hydrogens (tertiary/aromatic N) is 2. The first-order valence-corrected chi connectivity index (χ1v) is 5.06. The van der Waals surface area contributed by atoms with E-state index in [1.165, 1.54) is 0 Å². The number of hydrogen-bond donors (Lipinski definition) is 0. The van der Waals surface area contributed by atoms with Crippen molar-refractivity contribution in [1.29, 1.82) is 5.26 Å². The predicted molar refractivity (Wildman–Crippen MR) is 59.0 cm³/mol. The smallest absolute Gasteiger partial charge is 0.0785 e. The highest BCUT2D eigenvalue weighted by Gasteiger charge is 1.99. The van der Waals surface area contributed by atoms with Crippen LogP contribution in [0, 0.1) is 18.5 Å². The second-order valence-electron chi connectivity index (χ2n) is 1.92. The summed E-state index contributed by atoms with van der Waals surface area (Å²) in [6.07, 6.45) is 2.17. The highest BCUT2D eigenvalue weighted by Crippen LogP contribution is 2.13. The highest BCUT2D eigenvalue weighted by molar-refractivity contribution is 14.1. The van der Waals surface area contributed by atoms with E-state index in [1.54, 1.807) is 6.20 Å². The Morgan fingerprint density at radius 3 is 2.82 bits per heavy atom. The minimum absolute atomic E-state index is 0.398. The summed E-state index contributed by atoms with van der Waals surface area (Å²) >= 11 is 4.39. The lowest BCUT2D eigenvalue weighted by molar-refractivity contribution is 1.09. The number of pyridine rings is 1. The van der Waals surface area contributed by atoms with E-state index in [9.17, 15) is 0 Å². The van der Waals surface area contributed by atoms with E-state index in [2.05, 4.69) is 56.2 Å². The molecule has 0 amide bonds. The quantitative estimate of drug-likeness (QED) is 0.712. The van der Waals surface area contributed by atoms with Crippen molar-refractivity contribution in [3.05, 3.63) is 25.1 Å². The Kier molecular flexibility index (Phi) is 3.51. The average molecular weight is 370 g/mol. The number of aromatic nitrogens is 1. The van der Waals surface area contributed by atoms with E-state index in [0.717, 1.165) is 12.8 Å². The van der Waals surface area contributed by atoms with Gasteiger partial charge in [-0.25, -0.2) is 0 Å². The molecule has 0 bridgehead atoms. The second-order valence-corrected chi connectivity index (χ2v) is 4.32. The Bertz CT molecular complexity index is 304. The Labute approximate surface area is 92.3 Å². The average Bonchev–Trinajstić information content (AvgIpc) is 1.95. The molecule has 4 heteroatoms. The van der Waals surface area contributed by atoms with E-state index in [4.69, 9.17) is 5.26 Å². The van der Waals surface area contributed by atoms with Crippen LogP contribution in [0.3, 0.4) is 0 Å². The fourth-order valence-electron chi connectivity index (χ4n) is 0.648. The summed E-state index contributed by atoms with van der Waals surface area (Å²) in [5, 5.41) is 8.42. The summed E-state index contributed by atoms with van der Waals surface area (Å²) in [7, 11) is 0. The molecule has 0 fully saturated rings. The molecule has 1 aromatic rings. The van der Waals surface area contributed by atoms with Crippen LogP contribution >= 0.6 is 45.2 Å². The third kappa shape index (κ3) is 2.56. The molecule has 0 spiro atoms. The van der Waals surface area contributed by atoms with Crippen molar-refractivity contribution in [2.24, 2.45) is 0 Å². The van der Waals surface area contributed by atoms with Gasteiger partial charge in [-0.15, -0.1) is 0 Å². The zero-order valence-corrected chi connectivity index (χ0v) is 9.83. The van der Waals surface area contributed by atoms with Crippen LogP contribution in [-0.4, -0.2) is 4.98 Å². The number of hydrogen-bond acceptors (Lipinski definition) is 2. The van der Waals surface area contributed by atoms with Gasteiger partial charge in [-0.3, -0.25) is 4.98 Å². The first kappa shape index (κ1) is 9.19. The fourth-order valence-corrected chi connectivity index (χ4v) is 2.36. The molecule has 0 unspecified atom stereocenters. The molecule has 2 nitrogen and oxygen atoms in total. The molecule has 0 aliphatic rings. The normalized spacial score (nSPS) is 9.18. The molecule has 56 valence electrons. The van der Waals surface area contributed by atoms with Gasteiger partial charge in [-0.1, -0.05) is 0 Å². The summed E-state index contributed by atoms with van der Waals surface area (Å²) in [6.45, 7) is 0. The Hall–Kier alpha value is 0.1000. The van der Waals surface area contributed by atoms with Gasteiger partial charge in [0.1, 0.15) is 0 Å². The van der Waals surface area contributed by atoms with Gasteiger partial charge in [-0.05, 0) is 51.2 Å². The van der Waals surface area contributed by atoms with E-state index in [0.29, 0.717) is 6.42 Å². The van der Waals surface area contributed by atoms with Crippen LogP contribution in [0.25, 0.3) is 0 Å². The molecule has 0 atom stereocenters. The monoisotopic (exact) mass is 370 g/mol. The van der Waals surface area contributed by atoms with Crippen LogP contribution in [0.5, 0.6) is 0 Å². The molecule has 0 radical (unpaired) electrons. The van der Waals surface area contributed by atoms with Crippen LogP contribution < -0.4 is 0 Å². The molecule has 0 saturated heterocycles. The predicted octanol–water partition coefficient (Wildman–Crippen LogP) is 2.36. The maximum Gasteiger partial charge on any atom is 0.0785 e. The zero-order chi connectivity index (χ0) is 8.27. The van der Waals surface area contributed by atoms with Crippen molar-refractivity contribution in [2.45, 2.75) is 6.42 Å². The summed E-state index contributed by atoms with van der Waals surface area (Å²) in [5.41, 5.74) is 0.869. The maximum absolute atomic E-state index is 8.42. The second kappa shape index (κ2) is 4.21. The van der Waals surface area contributed by atoms with Crippen molar-refractivity contribution in [3.63, 3.8) is 0 Å². The summed E-state index contributed by atoms with van der Waals surface area (Å²) in [4.78, 5) is 4.13. The van der Waals surface area contributed by atoms with Crippen molar-refractivity contribution >= 4 is 45.2 Å². The van der Waals surface area contributed by atoms with E-state index < -0.39 is 0 Å². The first-order valence-electron chi connectivity index (χ1n) is 2.91. The van der Waals surface area contributed by atoms with Gasteiger partial charge in [0.05, 0.1) is 18.2 Å². The van der Waals surface area contributed by atoms with E-state index in [-0.39, 0.29) is 0 Å². The molecule has 0 N–H and O–H groups in total.